The van der Waals surface area contributed by atoms with Crippen molar-refractivity contribution in [2.45, 2.75) is 31.7 Å². The van der Waals surface area contributed by atoms with E-state index in [0.717, 1.165) is 43.8 Å². The summed E-state index contributed by atoms with van der Waals surface area (Å²) in [4.78, 5) is 4.76. The SMILES string of the molecule is CC1(n2c(CCCl)nc3ccccc32)CCOCC1. The second kappa shape index (κ2) is 5.14. The lowest BCUT2D eigenvalue weighted by Gasteiger charge is -2.36. The third-order valence-corrected chi connectivity index (χ3v) is 4.25. The Labute approximate surface area is 118 Å². The molecular weight excluding hydrogens is 260 g/mol. The quantitative estimate of drug-likeness (QED) is 0.805. The number of benzene rings is 1. The van der Waals surface area contributed by atoms with Crippen LogP contribution in [0.1, 0.15) is 25.6 Å². The number of para-hydroxylation sites is 2. The maximum atomic E-state index is 5.94. The van der Waals surface area contributed by atoms with E-state index in [4.69, 9.17) is 21.3 Å². The molecule has 0 spiro atoms. The van der Waals surface area contributed by atoms with Gasteiger partial charge in [-0.1, -0.05) is 12.1 Å². The third kappa shape index (κ3) is 2.26. The highest BCUT2D eigenvalue weighted by molar-refractivity contribution is 6.17. The van der Waals surface area contributed by atoms with E-state index in [9.17, 15) is 0 Å². The van der Waals surface area contributed by atoms with Gasteiger partial charge in [-0.25, -0.2) is 4.98 Å². The zero-order chi connectivity index (χ0) is 13.3. The minimum Gasteiger partial charge on any atom is -0.381 e. The molecule has 1 fully saturated rings. The summed E-state index contributed by atoms with van der Waals surface area (Å²) in [7, 11) is 0. The first-order valence-electron chi connectivity index (χ1n) is 6.85. The first-order chi connectivity index (χ1) is 9.24. The van der Waals surface area contributed by atoms with Gasteiger partial charge in [0.2, 0.25) is 0 Å². The molecule has 2 heterocycles. The number of ether oxygens (including phenoxy) is 1. The van der Waals surface area contributed by atoms with Crippen molar-refractivity contribution in [3.63, 3.8) is 0 Å². The molecule has 0 atom stereocenters. The van der Waals surface area contributed by atoms with Crippen LogP contribution >= 0.6 is 11.6 Å². The maximum absolute atomic E-state index is 5.94. The number of imidazole rings is 1. The third-order valence-electron chi connectivity index (χ3n) is 4.06. The van der Waals surface area contributed by atoms with Crippen molar-refractivity contribution < 1.29 is 4.74 Å². The van der Waals surface area contributed by atoms with Crippen molar-refractivity contribution in [2.24, 2.45) is 0 Å². The van der Waals surface area contributed by atoms with Crippen LogP contribution in [0.25, 0.3) is 11.0 Å². The Hall–Kier alpha value is -1.06. The fourth-order valence-electron chi connectivity index (χ4n) is 2.97. The monoisotopic (exact) mass is 278 g/mol. The number of hydrogen-bond acceptors (Lipinski definition) is 2. The van der Waals surface area contributed by atoms with Gasteiger partial charge in [-0.05, 0) is 31.9 Å². The minimum absolute atomic E-state index is 0.0930. The van der Waals surface area contributed by atoms with Gasteiger partial charge >= 0.3 is 0 Å². The van der Waals surface area contributed by atoms with Crippen LogP contribution in [0.4, 0.5) is 0 Å². The lowest BCUT2D eigenvalue weighted by molar-refractivity contribution is 0.0301. The summed E-state index contributed by atoms with van der Waals surface area (Å²) in [6, 6.07) is 8.34. The maximum Gasteiger partial charge on any atom is 0.111 e. The molecule has 0 aliphatic carbocycles. The Bertz CT molecular complexity index is 573. The summed E-state index contributed by atoms with van der Waals surface area (Å²) >= 11 is 5.94. The lowest BCUT2D eigenvalue weighted by atomic mass is 9.91. The van der Waals surface area contributed by atoms with Gasteiger partial charge in [-0.3, -0.25) is 0 Å². The number of aryl methyl sites for hydroxylation is 1. The molecule has 0 N–H and O–H groups in total. The number of nitrogens with zero attached hydrogens (tertiary/aromatic N) is 2. The Morgan fingerprint density at radius 1 is 1.32 bits per heavy atom. The van der Waals surface area contributed by atoms with Gasteiger partial charge in [0, 0.05) is 31.1 Å². The molecule has 1 aromatic carbocycles. The summed E-state index contributed by atoms with van der Waals surface area (Å²) in [5.41, 5.74) is 2.37. The van der Waals surface area contributed by atoms with Gasteiger partial charge in [0.05, 0.1) is 11.0 Å². The Kier molecular flexibility index (Phi) is 3.50. The summed E-state index contributed by atoms with van der Waals surface area (Å²) < 4.78 is 7.91. The van der Waals surface area contributed by atoms with Crippen molar-refractivity contribution in [3.8, 4) is 0 Å². The molecule has 1 saturated heterocycles. The zero-order valence-corrected chi connectivity index (χ0v) is 12.0. The Morgan fingerprint density at radius 3 is 2.79 bits per heavy atom. The van der Waals surface area contributed by atoms with E-state index in [0.29, 0.717) is 5.88 Å². The molecule has 1 aliphatic heterocycles. The predicted octanol–water partition coefficient (Wildman–Crippen LogP) is 3.34. The largest absolute Gasteiger partial charge is 0.381 e. The Morgan fingerprint density at radius 2 is 2.05 bits per heavy atom. The van der Waals surface area contributed by atoms with Gasteiger partial charge in [0.1, 0.15) is 5.82 Å². The van der Waals surface area contributed by atoms with Crippen LogP contribution in [0.15, 0.2) is 24.3 Å². The molecule has 1 aliphatic rings. The van der Waals surface area contributed by atoms with Crippen molar-refractivity contribution in [2.75, 3.05) is 19.1 Å². The van der Waals surface area contributed by atoms with E-state index >= 15 is 0 Å². The molecule has 19 heavy (non-hydrogen) atoms. The van der Waals surface area contributed by atoms with Crippen LogP contribution in [0, 0.1) is 0 Å². The summed E-state index contributed by atoms with van der Waals surface area (Å²) in [5.74, 6) is 1.70. The fraction of sp³-hybridized carbons (Fsp3) is 0.533. The molecule has 0 bridgehead atoms. The molecule has 0 radical (unpaired) electrons. The van der Waals surface area contributed by atoms with E-state index in [2.05, 4.69) is 29.7 Å². The highest BCUT2D eigenvalue weighted by Crippen LogP contribution is 2.33. The van der Waals surface area contributed by atoms with Crippen LogP contribution < -0.4 is 0 Å². The van der Waals surface area contributed by atoms with E-state index in [-0.39, 0.29) is 5.54 Å². The smallest absolute Gasteiger partial charge is 0.111 e. The molecular formula is C15H19ClN2O. The number of hydrogen-bond donors (Lipinski definition) is 0. The average molecular weight is 279 g/mol. The van der Waals surface area contributed by atoms with Crippen LogP contribution in [0.3, 0.4) is 0 Å². The van der Waals surface area contributed by atoms with Crippen LogP contribution in [0.5, 0.6) is 0 Å². The van der Waals surface area contributed by atoms with Crippen molar-refractivity contribution in [1.82, 2.24) is 9.55 Å². The van der Waals surface area contributed by atoms with E-state index in [1.165, 1.54) is 5.52 Å². The number of rotatable bonds is 3. The van der Waals surface area contributed by atoms with Gasteiger partial charge in [-0.2, -0.15) is 0 Å². The second-order valence-corrected chi connectivity index (χ2v) is 5.78. The number of alkyl halides is 1. The van der Waals surface area contributed by atoms with E-state index in [1.54, 1.807) is 0 Å². The molecule has 0 unspecified atom stereocenters. The second-order valence-electron chi connectivity index (χ2n) is 5.40. The molecule has 3 nitrogen and oxygen atoms in total. The molecule has 0 saturated carbocycles. The predicted molar refractivity (Wildman–Crippen MR) is 77.9 cm³/mol. The number of fused-ring (bicyclic) bond motifs is 1. The van der Waals surface area contributed by atoms with E-state index < -0.39 is 0 Å². The molecule has 4 heteroatoms. The molecule has 1 aromatic heterocycles. The van der Waals surface area contributed by atoms with Crippen molar-refractivity contribution in [1.29, 1.82) is 0 Å². The molecule has 102 valence electrons. The van der Waals surface area contributed by atoms with Crippen LogP contribution in [0.2, 0.25) is 0 Å². The summed E-state index contributed by atoms with van der Waals surface area (Å²) in [6.07, 6.45) is 2.87. The number of halogens is 1. The van der Waals surface area contributed by atoms with Gasteiger partial charge < -0.3 is 9.30 Å². The van der Waals surface area contributed by atoms with Gasteiger partial charge in [0.25, 0.3) is 0 Å². The lowest BCUT2D eigenvalue weighted by Crippen LogP contribution is -2.37. The first kappa shape index (κ1) is 12.9. The highest BCUT2D eigenvalue weighted by Gasteiger charge is 2.32. The summed E-state index contributed by atoms with van der Waals surface area (Å²) in [5, 5.41) is 0. The van der Waals surface area contributed by atoms with Crippen molar-refractivity contribution in [3.05, 3.63) is 30.1 Å². The molecule has 3 rings (SSSR count). The fourth-order valence-corrected chi connectivity index (χ4v) is 3.13. The summed E-state index contributed by atoms with van der Waals surface area (Å²) in [6.45, 7) is 3.95. The topological polar surface area (TPSA) is 27.1 Å². The standard InChI is InChI=1S/C15H19ClN2O/c1-15(7-10-19-11-8-15)18-13-5-3-2-4-12(13)17-14(18)6-9-16/h2-5H,6-11H2,1H3. The molecule has 2 aromatic rings. The van der Waals surface area contributed by atoms with E-state index in [1.807, 2.05) is 6.07 Å². The van der Waals surface area contributed by atoms with Gasteiger partial charge in [-0.15, -0.1) is 11.6 Å². The normalized spacial score (nSPS) is 18.8. The van der Waals surface area contributed by atoms with Crippen LogP contribution in [-0.4, -0.2) is 28.6 Å². The molecule has 0 amide bonds. The highest BCUT2D eigenvalue weighted by atomic mass is 35.5. The number of aromatic nitrogens is 2. The minimum atomic E-state index is 0.0930. The average Bonchev–Trinajstić information content (AvgIpc) is 2.78. The first-order valence-corrected chi connectivity index (χ1v) is 7.39. The Balaban J connectivity index is 2.16. The van der Waals surface area contributed by atoms with Gasteiger partial charge in [0.15, 0.2) is 0 Å². The zero-order valence-electron chi connectivity index (χ0n) is 11.2. The van der Waals surface area contributed by atoms with Crippen molar-refractivity contribution >= 4 is 22.6 Å². The van der Waals surface area contributed by atoms with Crippen LogP contribution in [-0.2, 0) is 16.7 Å².